The highest BCUT2D eigenvalue weighted by Crippen LogP contribution is 2.23. The Labute approximate surface area is 153 Å². The van der Waals surface area contributed by atoms with E-state index in [1.807, 2.05) is 45.0 Å². The number of hydrogen-bond acceptors (Lipinski definition) is 5. The summed E-state index contributed by atoms with van der Waals surface area (Å²) >= 11 is 0. The van der Waals surface area contributed by atoms with Crippen LogP contribution in [-0.4, -0.2) is 31.7 Å². The molecule has 0 aliphatic rings. The first-order chi connectivity index (χ1) is 12.5. The number of anilines is 1. The highest BCUT2D eigenvalue weighted by molar-refractivity contribution is 5.94. The summed E-state index contributed by atoms with van der Waals surface area (Å²) < 4.78 is 15.8. The van der Waals surface area contributed by atoms with E-state index < -0.39 is 18.5 Å². The summed E-state index contributed by atoms with van der Waals surface area (Å²) in [7, 11) is 0. The van der Waals surface area contributed by atoms with Gasteiger partial charge in [0.15, 0.2) is 13.2 Å². The van der Waals surface area contributed by atoms with Crippen molar-refractivity contribution in [3.05, 3.63) is 53.6 Å². The van der Waals surface area contributed by atoms with Crippen molar-refractivity contribution in [1.82, 2.24) is 0 Å². The van der Waals surface area contributed by atoms with Crippen molar-refractivity contribution in [3.63, 3.8) is 0 Å². The predicted molar refractivity (Wildman–Crippen MR) is 98.6 cm³/mol. The van der Waals surface area contributed by atoms with Crippen LogP contribution in [-0.2, 0) is 14.3 Å². The van der Waals surface area contributed by atoms with E-state index in [1.165, 1.54) is 0 Å². The molecule has 6 nitrogen and oxygen atoms in total. The van der Waals surface area contributed by atoms with Gasteiger partial charge in [-0.3, -0.25) is 4.79 Å². The average Bonchev–Trinajstić information content (AvgIpc) is 2.62. The largest absolute Gasteiger partial charge is 0.492 e. The maximum atomic E-state index is 12.0. The lowest BCUT2D eigenvalue weighted by Gasteiger charge is -2.12. The third kappa shape index (κ3) is 5.81. The summed E-state index contributed by atoms with van der Waals surface area (Å²) in [5, 5.41) is 2.66. The fourth-order valence-electron chi connectivity index (χ4n) is 2.22. The van der Waals surface area contributed by atoms with Crippen LogP contribution in [0.25, 0.3) is 0 Å². The fraction of sp³-hybridized carbons (Fsp3) is 0.300. The van der Waals surface area contributed by atoms with Gasteiger partial charge in [-0.2, -0.15) is 0 Å². The lowest BCUT2D eigenvalue weighted by Crippen LogP contribution is -2.24. The summed E-state index contributed by atoms with van der Waals surface area (Å²) in [5.74, 6) is 0.126. The van der Waals surface area contributed by atoms with Crippen LogP contribution in [0.1, 0.15) is 18.1 Å². The van der Waals surface area contributed by atoms with Gasteiger partial charge in [-0.05, 0) is 50.1 Å². The van der Waals surface area contributed by atoms with Crippen LogP contribution in [0.4, 0.5) is 5.69 Å². The van der Waals surface area contributed by atoms with Crippen LogP contribution in [0.15, 0.2) is 42.5 Å². The Balaban J connectivity index is 1.80. The maximum absolute atomic E-state index is 12.0. The molecule has 2 aromatic carbocycles. The van der Waals surface area contributed by atoms with Crippen molar-refractivity contribution in [1.29, 1.82) is 0 Å². The first kappa shape index (κ1) is 19.3. The zero-order valence-electron chi connectivity index (χ0n) is 15.2. The molecule has 0 saturated heterocycles. The molecule has 2 aromatic rings. The van der Waals surface area contributed by atoms with Crippen molar-refractivity contribution >= 4 is 17.6 Å². The van der Waals surface area contributed by atoms with Gasteiger partial charge < -0.3 is 19.5 Å². The Morgan fingerprint density at radius 3 is 2.50 bits per heavy atom. The lowest BCUT2D eigenvalue weighted by atomic mass is 10.1. The van der Waals surface area contributed by atoms with Gasteiger partial charge >= 0.3 is 5.97 Å². The Morgan fingerprint density at radius 1 is 0.962 bits per heavy atom. The molecule has 0 aliphatic heterocycles. The number of carbonyl (C=O) groups excluding carboxylic acids is 2. The lowest BCUT2D eigenvalue weighted by molar-refractivity contribution is -0.149. The second kappa shape index (κ2) is 9.46. The Bertz CT molecular complexity index is 773. The Hall–Kier alpha value is -3.02. The van der Waals surface area contributed by atoms with Gasteiger partial charge in [0.1, 0.15) is 11.5 Å². The van der Waals surface area contributed by atoms with Gasteiger partial charge in [0.25, 0.3) is 5.91 Å². The van der Waals surface area contributed by atoms with Crippen LogP contribution in [0.2, 0.25) is 0 Å². The maximum Gasteiger partial charge on any atom is 0.344 e. The molecule has 0 heterocycles. The first-order valence-electron chi connectivity index (χ1n) is 8.37. The molecule has 0 aliphatic carbocycles. The van der Waals surface area contributed by atoms with Crippen LogP contribution in [0.3, 0.4) is 0 Å². The molecule has 0 atom stereocenters. The normalized spacial score (nSPS) is 10.1. The van der Waals surface area contributed by atoms with E-state index in [0.29, 0.717) is 23.8 Å². The standard InChI is InChI=1S/C20H23NO5/c1-4-24-17-8-6-5-7-16(17)21-19(22)12-26-20(23)13-25-18-11-14(2)9-10-15(18)3/h5-11H,4,12-13H2,1-3H3,(H,21,22). The molecule has 0 fully saturated rings. The summed E-state index contributed by atoms with van der Waals surface area (Å²) in [5.41, 5.74) is 2.49. The molecule has 26 heavy (non-hydrogen) atoms. The van der Waals surface area contributed by atoms with E-state index in [1.54, 1.807) is 18.2 Å². The number of aryl methyl sites for hydroxylation is 2. The smallest absolute Gasteiger partial charge is 0.344 e. The zero-order chi connectivity index (χ0) is 18.9. The first-order valence-corrected chi connectivity index (χ1v) is 8.37. The van der Waals surface area contributed by atoms with E-state index >= 15 is 0 Å². The van der Waals surface area contributed by atoms with Crippen molar-refractivity contribution in [3.8, 4) is 11.5 Å². The minimum atomic E-state index is -0.612. The van der Waals surface area contributed by atoms with Gasteiger partial charge in [0, 0.05) is 0 Å². The van der Waals surface area contributed by atoms with Crippen molar-refractivity contribution in [2.45, 2.75) is 20.8 Å². The number of hydrogen-bond donors (Lipinski definition) is 1. The number of benzene rings is 2. The van der Waals surface area contributed by atoms with Crippen LogP contribution in [0, 0.1) is 13.8 Å². The fourth-order valence-corrected chi connectivity index (χ4v) is 2.22. The molecule has 0 bridgehead atoms. The molecule has 2 rings (SSSR count). The second-order valence-electron chi connectivity index (χ2n) is 5.70. The van der Waals surface area contributed by atoms with Gasteiger partial charge in [0.2, 0.25) is 0 Å². The summed E-state index contributed by atoms with van der Waals surface area (Å²) in [6.07, 6.45) is 0. The van der Waals surface area contributed by atoms with E-state index in [2.05, 4.69) is 5.32 Å². The number of esters is 1. The summed E-state index contributed by atoms with van der Waals surface area (Å²) in [6, 6.07) is 12.8. The predicted octanol–water partition coefficient (Wildman–Crippen LogP) is 3.26. The van der Waals surface area contributed by atoms with Gasteiger partial charge in [-0.1, -0.05) is 24.3 Å². The number of ether oxygens (including phenoxy) is 3. The molecule has 6 heteroatoms. The Kier molecular flexibility index (Phi) is 7.02. The molecule has 0 saturated carbocycles. The van der Waals surface area contributed by atoms with Crippen LogP contribution >= 0.6 is 0 Å². The monoisotopic (exact) mass is 357 g/mol. The SMILES string of the molecule is CCOc1ccccc1NC(=O)COC(=O)COc1cc(C)ccc1C. The highest BCUT2D eigenvalue weighted by Gasteiger charge is 2.11. The summed E-state index contributed by atoms with van der Waals surface area (Å²) in [4.78, 5) is 23.7. The van der Waals surface area contributed by atoms with E-state index in [4.69, 9.17) is 14.2 Å². The number of amides is 1. The van der Waals surface area contributed by atoms with Crippen molar-refractivity contribution < 1.29 is 23.8 Å². The molecule has 0 unspecified atom stereocenters. The molecular weight excluding hydrogens is 334 g/mol. The average molecular weight is 357 g/mol. The molecule has 1 N–H and O–H groups in total. The van der Waals surface area contributed by atoms with Crippen molar-refractivity contribution in [2.24, 2.45) is 0 Å². The number of carbonyl (C=O) groups is 2. The van der Waals surface area contributed by atoms with Crippen LogP contribution < -0.4 is 14.8 Å². The quantitative estimate of drug-likeness (QED) is 0.734. The number of nitrogens with one attached hydrogen (secondary N) is 1. The number of para-hydroxylation sites is 2. The zero-order valence-corrected chi connectivity index (χ0v) is 15.2. The van der Waals surface area contributed by atoms with Gasteiger partial charge in [-0.15, -0.1) is 0 Å². The molecule has 0 radical (unpaired) electrons. The van der Waals surface area contributed by atoms with E-state index in [-0.39, 0.29) is 6.61 Å². The molecule has 0 aromatic heterocycles. The highest BCUT2D eigenvalue weighted by atomic mass is 16.6. The third-order valence-corrected chi connectivity index (χ3v) is 3.51. The van der Waals surface area contributed by atoms with Gasteiger partial charge in [-0.25, -0.2) is 4.79 Å². The van der Waals surface area contributed by atoms with Crippen molar-refractivity contribution in [2.75, 3.05) is 25.1 Å². The van der Waals surface area contributed by atoms with Gasteiger partial charge in [0.05, 0.1) is 12.3 Å². The minimum absolute atomic E-state index is 0.257. The van der Waals surface area contributed by atoms with E-state index in [0.717, 1.165) is 11.1 Å². The van der Waals surface area contributed by atoms with E-state index in [9.17, 15) is 9.59 Å². The summed E-state index contributed by atoms with van der Waals surface area (Å²) in [6.45, 7) is 5.52. The molecule has 1 amide bonds. The topological polar surface area (TPSA) is 73.9 Å². The van der Waals surface area contributed by atoms with Crippen LogP contribution in [0.5, 0.6) is 11.5 Å². The molecule has 0 spiro atoms. The Morgan fingerprint density at radius 2 is 1.73 bits per heavy atom. The third-order valence-electron chi connectivity index (χ3n) is 3.51. The second-order valence-corrected chi connectivity index (χ2v) is 5.70. The molecule has 138 valence electrons. The molecular formula is C20H23NO5. The number of rotatable bonds is 8. The minimum Gasteiger partial charge on any atom is -0.492 e.